The Morgan fingerprint density at radius 2 is 1.66 bits per heavy atom. The number of nitrogens with zero attached hydrogens (tertiary/aromatic N) is 6. The number of nitriles is 1. The lowest BCUT2D eigenvalue weighted by molar-refractivity contribution is -0.145. The number of carbonyl (C=O) groups excluding carboxylic acids is 6. The van der Waals surface area contributed by atoms with Crippen LogP contribution in [-0.4, -0.2) is 144 Å². The summed E-state index contributed by atoms with van der Waals surface area (Å²) in [5.74, 6) is -5.84. The van der Waals surface area contributed by atoms with E-state index in [1.165, 1.54) is 41.9 Å². The Bertz CT molecular complexity index is 2940. The molecule has 0 radical (unpaired) electrons. The van der Waals surface area contributed by atoms with Gasteiger partial charge in [0.15, 0.2) is 0 Å². The Kier molecular flexibility index (Phi) is 22.5. The van der Waals surface area contributed by atoms with E-state index in [1.54, 1.807) is 36.8 Å². The van der Waals surface area contributed by atoms with Crippen LogP contribution in [0.25, 0.3) is 33.2 Å². The highest BCUT2D eigenvalue weighted by atomic mass is 35.5. The highest BCUT2D eigenvalue weighted by Gasteiger charge is 2.47. The van der Waals surface area contributed by atoms with Gasteiger partial charge in [-0.25, -0.2) is 13.8 Å². The fraction of sp³-hybridized carbons (Fsp3) is 0.392. The molecule has 5 aromatic rings. The van der Waals surface area contributed by atoms with Crippen molar-refractivity contribution in [3.05, 3.63) is 95.3 Å². The van der Waals surface area contributed by atoms with Crippen molar-refractivity contribution in [1.29, 1.82) is 5.26 Å². The number of halogens is 3. The Morgan fingerprint density at radius 1 is 0.883 bits per heavy atom. The zero-order valence-corrected chi connectivity index (χ0v) is 44.4. The predicted molar refractivity (Wildman–Crippen MR) is 284 cm³/mol. The van der Waals surface area contributed by atoms with E-state index in [-0.39, 0.29) is 67.6 Å². The number of carbonyl (C=O) groups is 6. The van der Waals surface area contributed by atoms with Crippen molar-refractivity contribution in [1.82, 2.24) is 46.1 Å². The molecular weight excluding hydrogens is 1060 g/mol. The van der Waals surface area contributed by atoms with Crippen molar-refractivity contribution in [2.45, 2.75) is 63.3 Å². The largest absolute Gasteiger partial charge is 0.480 e. The fourth-order valence-electron chi connectivity index (χ4n) is 7.59. The zero-order valence-electron chi connectivity index (χ0n) is 42.0. The van der Waals surface area contributed by atoms with Crippen molar-refractivity contribution < 1.29 is 56.5 Å². The summed E-state index contributed by atoms with van der Waals surface area (Å²) in [4.78, 5) is 95.3. The molecule has 1 unspecified atom stereocenters. The molecule has 26 heteroatoms. The minimum Gasteiger partial charge on any atom is -0.480 e. The molecule has 6 rings (SSSR count). The van der Waals surface area contributed by atoms with E-state index in [0.717, 1.165) is 39.4 Å². The van der Waals surface area contributed by atoms with Gasteiger partial charge in [-0.15, -0.1) is 0 Å². The molecule has 5 heterocycles. The first-order valence-corrected chi connectivity index (χ1v) is 26.9. The Balaban J connectivity index is 0.912. The van der Waals surface area contributed by atoms with E-state index in [1.807, 2.05) is 30.3 Å². The number of alkyl halides is 2. The number of fused-ring (bicyclic) bond motifs is 1. The molecule has 4 aromatic heterocycles. The summed E-state index contributed by atoms with van der Waals surface area (Å²) in [6.45, 7) is -0.706. The lowest BCUT2D eigenvalue weighted by atomic mass is 9.98. The summed E-state index contributed by atoms with van der Waals surface area (Å²) in [5.41, 5.74) is 11.5. The number of hydrogen-bond acceptors (Lipinski definition) is 18. The maximum Gasteiger partial charge on any atom is 0.306 e. The van der Waals surface area contributed by atoms with Crippen LogP contribution in [0.4, 0.5) is 14.5 Å². The van der Waals surface area contributed by atoms with Crippen molar-refractivity contribution in [3.8, 4) is 34.2 Å². The lowest BCUT2D eigenvalue weighted by Crippen LogP contribution is -2.49. The van der Waals surface area contributed by atoms with Crippen LogP contribution in [0.15, 0.2) is 73.3 Å². The predicted octanol–water partition coefficient (Wildman–Crippen LogP) is 5.05. The topological polar surface area (TPSA) is 292 Å². The molecule has 0 aliphatic carbocycles. The third-order valence-corrected chi connectivity index (χ3v) is 14.4. The maximum absolute atomic E-state index is 13.8. The van der Waals surface area contributed by atoms with Crippen LogP contribution in [0.2, 0.25) is 5.02 Å². The van der Waals surface area contributed by atoms with E-state index in [4.69, 9.17) is 36.3 Å². The number of rotatable bonds is 28. The molecule has 408 valence electrons. The minimum absolute atomic E-state index is 0.0149. The number of benzene rings is 1. The van der Waals surface area contributed by atoms with Crippen LogP contribution in [0.1, 0.15) is 53.8 Å². The summed E-state index contributed by atoms with van der Waals surface area (Å²) < 4.78 is 48.7. The van der Waals surface area contributed by atoms with Gasteiger partial charge in [0.25, 0.3) is 11.8 Å². The number of nitrogen functional groups attached to an aromatic ring is 1. The van der Waals surface area contributed by atoms with Crippen molar-refractivity contribution >= 4 is 85.3 Å². The highest BCUT2D eigenvalue weighted by molar-refractivity contribution is 8.76. The van der Waals surface area contributed by atoms with Gasteiger partial charge in [-0.1, -0.05) is 45.3 Å². The molecule has 21 nitrogen and oxygen atoms in total. The number of amides is 5. The van der Waals surface area contributed by atoms with Crippen LogP contribution in [-0.2, 0) is 51.3 Å². The lowest BCUT2D eigenvalue weighted by Gasteiger charge is -2.19. The van der Waals surface area contributed by atoms with Crippen LogP contribution in [0.3, 0.4) is 0 Å². The third kappa shape index (κ3) is 17.9. The molecule has 1 aliphatic heterocycles. The number of hydrogen-bond donors (Lipinski definition) is 5. The normalized spacial score (nSPS) is 14.0. The molecule has 2 atom stereocenters. The smallest absolute Gasteiger partial charge is 0.306 e. The van der Waals surface area contributed by atoms with Crippen molar-refractivity contribution in [3.63, 3.8) is 0 Å². The summed E-state index contributed by atoms with van der Waals surface area (Å²) >= 11 is 6.16. The molecule has 0 bridgehead atoms. The number of pyridine rings is 4. The molecule has 1 aliphatic rings. The minimum atomic E-state index is -3.22. The average molecular weight is 1120 g/mol. The van der Waals surface area contributed by atoms with Crippen molar-refractivity contribution in [2.75, 3.05) is 70.9 Å². The van der Waals surface area contributed by atoms with E-state index in [9.17, 15) is 42.8 Å². The number of nitrogens with two attached hydrogens (primary N) is 1. The van der Waals surface area contributed by atoms with Crippen LogP contribution in [0.5, 0.6) is 5.88 Å². The summed E-state index contributed by atoms with van der Waals surface area (Å²) in [5, 5.41) is 20.3. The molecule has 6 N–H and O–H groups in total. The second kappa shape index (κ2) is 29.3. The van der Waals surface area contributed by atoms with Crippen LogP contribution < -0.4 is 31.7 Å². The third-order valence-electron chi connectivity index (χ3n) is 11.6. The number of ether oxygens (including phenoxy) is 4. The molecule has 1 fully saturated rings. The number of anilines is 1. The van der Waals surface area contributed by atoms with Gasteiger partial charge < -0.3 is 50.8 Å². The number of nitrogens with one attached hydrogen (secondary N) is 4. The first-order chi connectivity index (χ1) is 37.1. The first-order valence-electron chi connectivity index (χ1n) is 24.0. The van der Waals surface area contributed by atoms with Gasteiger partial charge >= 0.3 is 5.97 Å². The summed E-state index contributed by atoms with van der Waals surface area (Å²) in [6.07, 6.45) is 5.59. The van der Waals surface area contributed by atoms with Crippen molar-refractivity contribution in [2.24, 2.45) is 0 Å². The molecule has 0 spiro atoms. The van der Waals surface area contributed by atoms with Crippen LogP contribution in [0, 0.1) is 11.3 Å². The van der Waals surface area contributed by atoms with Gasteiger partial charge in [-0.05, 0) is 53.9 Å². The fourth-order valence-corrected chi connectivity index (χ4v) is 10.0. The van der Waals surface area contributed by atoms with Gasteiger partial charge in [-0.3, -0.25) is 43.7 Å². The number of aromatic nitrogens is 4. The molecule has 1 aromatic carbocycles. The van der Waals surface area contributed by atoms with Gasteiger partial charge in [0.05, 0.1) is 85.8 Å². The molecule has 5 amide bonds. The van der Waals surface area contributed by atoms with E-state index in [0.29, 0.717) is 47.5 Å². The summed E-state index contributed by atoms with van der Waals surface area (Å²) in [7, 11) is 5.78. The molecule has 77 heavy (non-hydrogen) atoms. The quantitative estimate of drug-likeness (QED) is 0.0249. The van der Waals surface area contributed by atoms with Gasteiger partial charge in [0.2, 0.25) is 29.5 Å². The first kappa shape index (κ1) is 59.0. The standard InChI is InChI=1S/C51H56ClF2N11O10S2/c1-72-15-16-74-14-13-58-49(71)43(64-45(67)10-9-44(66)61-25-35-20-39(40(52)26-60-35)48(70)62-27-46(68)65-30-51(53,54)21-36(65)22-55)29-77-76-17-3-4-47(69)75-28-34-7-5-32(23-59-34)37-11-12-57-42-8-6-31(18-38(37)42)33-19-41(56)50(73-2)63-24-33/h5-8,11-12,18-20,23-24,26,36,43H,3-4,9-10,13-17,21,25,27-30,56H2,1-2H3,(H,58,71)(H,61,66)(H,62,70)(H,64,67)/t36-,43?/m0/s1. The molecule has 1 saturated heterocycles. The summed E-state index contributed by atoms with van der Waals surface area (Å²) in [6, 6.07) is 14.0. The molecular formula is C51H56ClF2N11O10S2. The van der Waals surface area contributed by atoms with Gasteiger partial charge in [-0.2, -0.15) is 5.26 Å². The van der Waals surface area contributed by atoms with E-state index < -0.39 is 73.0 Å². The van der Waals surface area contributed by atoms with Gasteiger partial charge in [0.1, 0.15) is 18.7 Å². The second-order valence-corrected chi connectivity index (χ2v) is 20.2. The number of methoxy groups -OCH3 is 2. The SMILES string of the molecule is COCCOCCNC(=O)C(CSSCCCC(=O)OCc1ccc(-c2ccnc3ccc(-c4cnc(OC)c(N)c4)cc23)cn1)NC(=O)CCC(=O)NCc1cc(C(=O)NCC(=O)N2CC(F)(F)C[C@H]2C#N)c(Cl)cn1. The van der Waals surface area contributed by atoms with E-state index >= 15 is 0 Å². The maximum atomic E-state index is 13.8. The highest BCUT2D eigenvalue weighted by Crippen LogP contribution is 2.34. The number of esters is 1. The number of likely N-dealkylation sites (tertiary alicyclic amines) is 1. The monoisotopic (exact) mass is 1120 g/mol. The Labute approximate surface area is 454 Å². The second-order valence-electron chi connectivity index (χ2n) is 17.2. The average Bonchev–Trinajstić information content (AvgIpc) is 3.78. The van der Waals surface area contributed by atoms with Gasteiger partial charge in [0, 0.05) is 92.1 Å². The van der Waals surface area contributed by atoms with E-state index in [2.05, 4.69) is 41.2 Å². The zero-order chi connectivity index (χ0) is 55.3. The van der Waals surface area contributed by atoms with Crippen LogP contribution >= 0.6 is 33.2 Å². The Morgan fingerprint density at radius 3 is 2.42 bits per heavy atom. The molecule has 0 saturated carbocycles. The Hall–Kier alpha value is -7.24.